The van der Waals surface area contributed by atoms with E-state index < -0.39 is 15.1 Å². The summed E-state index contributed by atoms with van der Waals surface area (Å²) in [4.78, 5) is 12.5. The fourth-order valence-corrected chi connectivity index (χ4v) is 4.43. The minimum atomic E-state index is -3.13. The molecule has 1 heterocycles. The van der Waals surface area contributed by atoms with Crippen LogP contribution in [0.3, 0.4) is 0 Å². The molecule has 0 fully saturated rings. The highest BCUT2D eigenvalue weighted by atomic mass is 32.2. The standard InChI is InChI=1S/C20H20O3S2/c1-14(2)25(22,23)13-15-3-6-17(7-4-15)19(21)11-16-5-8-18-9-10-24-20(18)12-16/h3-10,12,14H,11,13H2,1-2H3. The third kappa shape index (κ3) is 4.17. The van der Waals surface area contributed by atoms with Gasteiger partial charge in [0, 0.05) is 16.7 Å². The molecule has 0 bridgehead atoms. The summed E-state index contributed by atoms with van der Waals surface area (Å²) in [6, 6.07) is 15.0. The summed E-state index contributed by atoms with van der Waals surface area (Å²) in [6.07, 6.45) is 0.345. The summed E-state index contributed by atoms with van der Waals surface area (Å²) in [5.74, 6) is 0.0444. The fraction of sp³-hybridized carbons (Fsp3) is 0.250. The quantitative estimate of drug-likeness (QED) is 0.592. The Balaban J connectivity index is 1.72. The van der Waals surface area contributed by atoms with Gasteiger partial charge in [0.05, 0.1) is 11.0 Å². The number of benzene rings is 2. The maximum absolute atomic E-state index is 12.5. The van der Waals surface area contributed by atoms with Gasteiger partial charge in [0.25, 0.3) is 0 Å². The van der Waals surface area contributed by atoms with Crippen molar-refractivity contribution in [1.82, 2.24) is 0 Å². The molecular weight excluding hydrogens is 352 g/mol. The van der Waals surface area contributed by atoms with Crippen molar-refractivity contribution in [2.75, 3.05) is 0 Å². The molecule has 2 aromatic carbocycles. The van der Waals surface area contributed by atoms with Crippen molar-refractivity contribution in [3.63, 3.8) is 0 Å². The molecule has 0 aliphatic rings. The van der Waals surface area contributed by atoms with Gasteiger partial charge in [-0.1, -0.05) is 36.4 Å². The number of carbonyl (C=O) groups is 1. The Morgan fingerprint density at radius 1 is 1.00 bits per heavy atom. The molecule has 5 heteroatoms. The molecule has 0 aliphatic carbocycles. The van der Waals surface area contributed by atoms with Crippen LogP contribution in [0.5, 0.6) is 0 Å². The Morgan fingerprint density at radius 3 is 2.36 bits per heavy atom. The van der Waals surface area contributed by atoms with Crippen LogP contribution in [-0.4, -0.2) is 19.5 Å². The Hall–Kier alpha value is -1.98. The van der Waals surface area contributed by atoms with E-state index in [4.69, 9.17) is 0 Å². The number of ketones is 1. The summed E-state index contributed by atoms with van der Waals surface area (Å²) in [5, 5.41) is 2.83. The normalized spacial score (nSPS) is 12.0. The number of rotatable bonds is 6. The average molecular weight is 373 g/mol. The topological polar surface area (TPSA) is 51.2 Å². The van der Waals surface area contributed by atoms with Gasteiger partial charge in [0.2, 0.25) is 0 Å². The van der Waals surface area contributed by atoms with E-state index in [0.29, 0.717) is 17.5 Å². The average Bonchev–Trinajstić information content (AvgIpc) is 3.02. The molecule has 3 nitrogen and oxygen atoms in total. The SMILES string of the molecule is CC(C)S(=O)(=O)Cc1ccc(C(=O)Cc2ccc3ccsc3c2)cc1. The number of hydrogen-bond donors (Lipinski definition) is 0. The van der Waals surface area contributed by atoms with Gasteiger partial charge in [0.15, 0.2) is 15.6 Å². The van der Waals surface area contributed by atoms with Crippen LogP contribution in [0.4, 0.5) is 0 Å². The number of carbonyl (C=O) groups excluding carboxylic acids is 1. The molecule has 0 atom stereocenters. The Kier molecular flexibility index (Phi) is 5.06. The molecule has 1 aromatic heterocycles. The Labute approximate surface area is 152 Å². The van der Waals surface area contributed by atoms with Gasteiger partial charge in [-0.3, -0.25) is 4.79 Å². The molecule has 0 saturated heterocycles. The van der Waals surface area contributed by atoms with Crippen LogP contribution in [0, 0.1) is 0 Å². The van der Waals surface area contributed by atoms with Crippen LogP contribution in [0.1, 0.15) is 35.3 Å². The summed E-state index contributed by atoms with van der Waals surface area (Å²) in [5.41, 5.74) is 2.31. The van der Waals surface area contributed by atoms with Gasteiger partial charge in [-0.05, 0) is 47.9 Å². The maximum atomic E-state index is 12.5. The molecule has 3 rings (SSSR count). The fourth-order valence-electron chi connectivity index (χ4n) is 2.58. The van der Waals surface area contributed by atoms with E-state index in [9.17, 15) is 13.2 Å². The highest BCUT2D eigenvalue weighted by Gasteiger charge is 2.17. The monoisotopic (exact) mass is 372 g/mol. The van der Waals surface area contributed by atoms with Gasteiger partial charge >= 0.3 is 0 Å². The lowest BCUT2D eigenvalue weighted by molar-refractivity contribution is 0.0993. The number of fused-ring (bicyclic) bond motifs is 1. The minimum Gasteiger partial charge on any atom is -0.294 e. The van der Waals surface area contributed by atoms with Crippen LogP contribution < -0.4 is 0 Å². The molecule has 0 unspecified atom stereocenters. The van der Waals surface area contributed by atoms with Crippen LogP contribution >= 0.6 is 11.3 Å². The van der Waals surface area contributed by atoms with E-state index in [1.807, 2.05) is 17.5 Å². The zero-order valence-electron chi connectivity index (χ0n) is 14.2. The van der Waals surface area contributed by atoms with E-state index in [2.05, 4.69) is 12.1 Å². The lowest BCUT2D eigenvalue weighted by Crippen LogP contribution is -2.16. The second-order valence-electron chi connectivity index (χ2n) is 6.45. The predicted molar refractivity (Wildman–Crippen MR) is 104 cm³/mol. The first-order chi connectivity index (χ1) is 11.8. The highest BCUT2D eigenvalue weighted by Crippen LogP contribution is 2.22. The lowest BCUT2D eigenvalue weighted by atomic mass is 10.0. The zero-order valence-corrected chi connectivity index (χ0v) is 15.9. The van der Waals surface area contributed by atoms with Gasteiger partial charge in [-0.15, -0.1) is 11.3 Å². The highest BCUT2D eigenvalue weighted by molar-refractivity contribution is 7.91. The molecule has 25 heavy (non-hydrogen) atoms. The number of hydrogen-bond acceptors (Lipinski definition) is 4. The van der Waals surface area contributed by atoms with Crippen molar-refractivity contribution in [3.05, 3.63) is 70.6 Å². The number of thiophene rings is 1. The van der Waals surface area contributed by atoms with Crippen molar-refractivity contribution in [3.8, 4) is 0 Å². The maximum Gasteiger partial charge on any atom is 0.167 e. The van der Waals surface area contributed by atoms with E-state index in [1.165, 1.54) is 10.1 Å². The second kappa shape index (κ2) is 7.10. The molecule has 0 saturated carbocycles. The Morgan fingerprint density at radius 2 is 1.68 bits per heavy atom. The summed E-state index contributed by atoms with van der Waals surface area (Å²) in [7, 11) is -3.13. The summed E-state index contributed by atoms with van der Waals surface area (Å²) in [6.45, 7) is 3.36. The van der Waals surface area contributed by atoms with Crippen LogP contribution in [0.25, 0.3) is 10.1 Å². The van der Waals surface area contributed by atoms with Crippen molar-refractivity contribution >= 4 is 37.0 Å². The van der Waals surface area contributed by atoms with Crippen molar-refractivity contribution in [1.29, 1.82) is 0 Å². The predicted octanol–water partition coefficient (Wildman–Crippen LogP) is 4.65. The number of sulfone groups is 1. The first-order valence-electron chi connectivity index (χ1n) is 8.15. The van der Waals surface area contributed by atoms with E-state index in [-0.39, 0.29) is 11.5 Å². The number of Topliss-reactive ketones (excluding diaryl/α,β-unsaturated/α-hetero) is 1. The second-order valence-corrected chi connectivity index (χ2v) is 9.95. The molecular formula is C20H20O3S2. The smallest absolute Gasteiger partial charge is 0.167 e. The molecule has 0 radical (unpaired) electrons. The first-order valence-corrected chi connectivity index (χ1v) is 10.7. The minimum absolute atomic E-state index is 0.00812. The van der Waals surface area contributed by atoms with E-state index >= 15 is 0 Å². The van der Waals surface area contributed by atoms with Crippen molar-refractivity contribution in [2.24, 2.45) is 0 Å². The van der Waals surface area contributed by atoms with Crippen LogP contribution in [0.15, 0.2) is 53.9 Å². The first kappa shape index (κ1) is 17.8. The van der Waals surface area contributed by atoms with Crippen molar-refractivity contribution < 1.29 is 13.2 Å². The van der Waals surface area contributed by atoms with Gasteiger partial charge in [0.1, 0.15) is 0 Å². The van der Waals surface area contributed by atoms with Crippen LogP contribution in [-0.2, 0) is 22.0 Å². The molecule has 3 aromatic rings. The van der Waals surface area contributed by atoms with Gasteiger partial charge in [-0.25, -0.2) is 8.42 Å². The third-order valence-electron chi connectivity index (χ3n) is 4.25. The van der Waals surface area contributed by atoms with E-state index in [1.54, 1.807) is 49.4 Å². The Bertz CT molecular complexity index is 997. The largest absolute Gasteiger partial charge is 0.294 e. The van der Waals surface area contributed by atoms with Crippen molar-refractivity contribution in [2.45, 2.75) is 31.3 Å². The molecule has 130 valence electrons. The molecule has 0 amide bonds. The van der Waals surface area contributed by atoms with Crippen LogP contribution in [0.2, 0.25) is 0 Å². The van der Waals surface area contributed by atoms with Gasteiger partial charge in [-0.2, -0.15) is 0 Å². The molecule has 0 spiro atoms. The summed E-state index contributed by atoms with van der Waals surface area (Å²) < 4.78 is 25.1. The molecule has 0 N–H and O–H groups in total. The van der Waals surface area contributed by atoms with Gasteiger partial charge < -0.3 is 0 Å². The third-order valence-corrected chi connectivity index (χ3v) is 7.30. The summed E-state index contributed by atoms with van der Waals surface area (Å²) >= 11 is 1.67. The zero-order chi connectivity index (χ0) is 18.0. The van der Waals surface area contributed by atoms with E-state index in [0.717, 1.165) is 5.56 Å². The lowest BCUT2D eigenvalue weighted by Gasteiger charge is -2.08. The molecule has 0 aliphatic heterocycles.